The van der Waals surface area contributed by atoms with Crippen LogP contribution in [0.3, 0.4) is 0 Å². The predicted octanol–water partition coefficient (Wildman–Crippen LogP) is 6.98. The molecule has 6 aliphatic heterocycles. The third-order valence-corrected chi connectivity index (χ3v) is 18.1. The maximum absolute atomic E-state index is 14.6. The number of likely N-dealkylation sites (tertiary alicyclic amines) is 1. The number of rotatable bonds is 11. The Hall–Kier alpha value is -5.99. The summed E-state index contributed by atoms with van der Waals surface area (Å²) in [5, 5.41) is 16.8. The molecule has 0 radical (unpaired) electrons. The zero-order valence-corrected chi connectivity index (χ0v) is 41.9. The summed E-state index contributed by atoms with van der Waals surface area (Å²) in [7, 11) is -4.67. The van der Waals surface area contributed by atoms with Gasteiger partial charge in [-0.1, -0.05) is 24.3 Å². The van der Waals surface area contributed by atoms with E-state index < -0.39 is 31.4 Å². The number of H-pyrrole nitrogens is 1. The van der Waals surface area contributed by atoms with Crippen LogP contribution in [-0.2, 0) is 14.8 Å². The maximum atomic E-state index is 14.6. The number of aromatic nitrogens is 2. The molecule has 3 N–H and O–H groups in total. The lowest BCUT2D eigenvalue weighted by Crippen LogP contribution is -2.61. The van der Waals surface area contributed by atoms with Crippen molar-refractivity contribution in [2.45, 2.75) is 93.9 Å². The first-order chi connectivity index (χ1) is 34.9. The minimum absolute atomic E-state index is 0.0365. The number of ether oxygens (including phenoxy) is 3. The van der Waals surface area contributed by atoms with Gasteiger partial charge in [-0.3, -0.25) is 29.6 Å². The number of piperidine rings is 1. The zero-order chi connectivity index (χ0) is 49.3. The molecule has 18 nitrogen and oxygen atoms in total. The van der Waals surface area contributed by atoms with E-state index >= 15 is 0 Å². The molecular weight excluding hydrogens is 937 g/mol. The summed E-state index contributed by atoms with van der Waals surface area (Å²) >= 11 is 0. The number of nitro groups is 1. The molecule has 2 aromatic heterocycles. The van der Waals surface area contributed by atoms with Crippen molar-refractivity contribution in [3.05, 3.63) is 99.7 Å². The van der Waals surface area contributed by atoms with Gasteiger partial charge >= 0.3 is 0 Å². The Morgan fingerprint density at radius 1 is 0.917 bits per heavy atom. The highest BCUT2D eigenvalue weighted by molar-refractivity contribution is 7.90. The highest BCUT2D eigenvalue weighted by Crippen LogP contribution is 2.54. The Bertz CT molecular complexity index is 3000. The van der Waals surface area contributed by atoms with E-state index in [1.165, 1.54) is 42.9 Å². The molecule has 5 aromatic rings. The van der Waals surface area contributed by atoms with Crippen LogP contribution in [0.4, 0.5) is 28.4 Å². The topological polar surface area (TPSA) is 191 Å². The molecule has 4 saturated heterocycles. The Balaban J connectivity index is 0.782. The first-order valence-corrected chi connectivity index (χ1v) is 27.3. The lowest BCUT2D eigenvalue weighted by molar-refractivity contribution is -0.384. The quantitative estimate of drug-likeness (QED) is 0.0907. The van der Waals surface area contributed by atoms with Gasteiger partial charge in [0, 0.05) is 93.3 Å². The van der Waals surface area contributed by atoms with E-state index in [0.29, 0.717) is 78.6 Å². The molecular formula is C53H64N10O8S. The Labute approximate surface area is 420 Å². The number of nitro benzene ring substituents is 1. The largest absolute Gasteiger partial charge is 0.489 e. The van der Waals surface area contributed by atoms with Crippen LogP contribution in [0, 0.1) is 22.5 Å². The average molecular weight is 1000 g/mol. The summed E-state index contributed by atoms with van der Waals surface area (Å²) < 4.78 is 48.6. The third-order valence-electron chi connectivity index (χ3n) is 16.8. The number of benzene rings is 3. The number of aromatic amines is 1. The normalized spacial score (nSPS) is 24.1. The molecule has 0 bridgehead atoms. The van der Waals surface area contributed by atoms with Crippen molar-refractivity contribution >= 4 is 55.4 Å². The average Bonchev–Trinajstić information content (AvgIpc) is 3.97. The third kappa shape index (κ3) is 8.79. The molecule has 1 saturated carbocycles. The van der Waals surface area contributed by atoms with E-state index in [1.807, 2.05) is 35.4 Å². The van der Waals surface area contributed by atoms with E-state index in [2.05, 4.69) is 72.7 Å². The molecule has 380 valence electrons. The number of hydrogen-bond donors (Lipinski definition) is 3. The first kappa shape index (κ1) is 47.0. The predicted molar refractivity (Wildman–Crippen MR) is 274 cm³/mol. The Morgan fingerprint density at radius 2 is 1.75 bits per heavy atom. The van der Waals surface area contributed by atoms with Crippen molar-refractivity contribution in [1.29, 1.82) is 0 Å². The van der Waals surface area contributed by atoms with Crippen molar-refractivity contribution in [2.75, 3.05) is 93.9 Å². The van der Waals surface area contributed by atoms with Gasteiger partial charge in [0.15, 0.2) is 11.4 Å². The van der Waals surface area contributed by atoms with Crippen molar-refractivity contribution in [2.24, 2.45) is 5.41 Å². The van der Waals surface area contributed by atoms with E-state index in [0.717, 1.165) is 82.5 Å². The van der Waals surface area contributed by atoms with Crippen molar-refractivity contribution in [1.82, 2.24) is 29.4 Å². The van der Waals surface area contributed by atoms with Crippen LogP contribution in [0.15, 0.2) is 77.8 Å². The number of nitrogens with one attached hydrogen (secondary N) is 3. The lowest BCUT2D eigenvalue weighted by atomic mass is 9.59. The number of nitrogens with zero attached hydrogens (tertiary/aromatic N) is 7. The first-order valence-electron chi connectivity index (χ1n) is 25.8. The van der Waals surface area contributed by atoms with E-state index in [4.69, 9.17) is 19.2 Å². The highest BCUT2D eigenvalue weighted by atomic mass is 32.2. The van der Waals surface area contributed by atoms with E-state index in [1.54, 1.807) is 6.07 Å². The van der Waals surface area contributed by atoms with Crippen LogP contribution in [0.5, 0.6) is 11.6 Å². The fourth-order valence-electron chi connectivity index (χ4n) is 12.9. The van der Waals surface area contributed by atoms with Gasteiger partial charge in [0.2, 0.25) is 5.88 Å². The maximum Gasteiger partial charge on any atom is 0.297 e. The SMILES string of the molecule is Cc1ccccc1[C@@H]1CCCN1C1CC2(CCN(c3ccc(C(=O)NS(=O)(=O)c4cc5c(c([N+](=O)[O-])c4)N[C@H](CN4CCN(C6COC6)[C@H](C)C4)CO5)c(N4CCCOc5nc6[nH]ccc6cc54)c3)CC2)C1. The molecule has 12 rings (SSSR count). The molecule has 1 amide bonds. The summed E-state index contributed by atoms with van der Waals surface area (Å²) in [5.41, 5.74) is 5.70. The zero-order valence-electron chi connectivity index (χ0n) is 41.1. The van der Waals surface area contributed by atoms with Gasteiger partial charge in [0.1, 0.15) is 17.9 Å². The Morgan fingerprint density at radius 3 is 2.53 bits per heavy atom. The number of pyridine rings is 1. The number of hydrogen-bond acceptors (Lipinski definition) is 15. The highest BCUT2D eigenvalue weighted by Gasteiger charge is 2.50. The molecule has 1 spiro atoms. The smallest absolute Gasteiger partial charge is 0.297 e. The van der Waals surface area contributed by atoms with Gasteiger partial charge in [-0.05, 0) is 112 Å². The molecule has 19 heteroatoms. The number of carbonyl (C=O) groups is 1. The summed E-state index contributed by atoms with van der Waals surface area (Å²) in [4.78, 5) is 46.1. The summed E-state index contributed by atoms with van der Waals surface area (Å²) in [6.45, 7) is 13.1. The molecule has 5 fully saturated rings. The second-order valence-corrected chi connectivity index (χ2v) is 23.0. The van der Waals surface area contributed by atoms with Crippen LogP contribution in [-0.4, -0.2) is 147 Å². The second-order valence-electron chi connectivity index (χ2n) is 21.3. The number of amides is 1. The van der Waals surface area contributed by atoms with Crippen molar-refractivity contribution in [3.8, 4) is 11.6 Å². The standard InChI is InChI=1S/C53H64N10O8S/c1-34-7-3-4-8-42(34)44-9-5-16-61(44)39-27-53(28-39)13-18-59(19-14-53)38-10-11-43(45(24-38)62-17-6-22-70-52-47(62)23-36-12-15-54-50(36)56-52)51(64)57-72(67,68)41-25-46(63(65)66)49-48(26-41)71-31-37(55-49)30-58-20-21-60(35(2)29-58)40-32-69-33-40/h3-4,7-8,10-12,15,23-26,35,37,39-40,44,55H,5-6,9,13-14,16-22,27-33H2,1-2H3,(H,54,56)(H,57,64)/t35-,37-,44+/m1/s1. The molecule has 8 heterocycles. The van der Waals surface area contributed by atoms with E-state index in [9.17, 15) is 23.3 Å². The van der Waals surface area contributed by atoms with Crippen LogP contribution >= 0.6 is 0 Å². The molecule has 1 aliphatic carbocycles. The number of aryl methyl sites for hydroxylation is 1. The van der Waals surface area contributed by atoms with Crippen LogP contribution in [0.25, 0.3) is 11.0 Å². The van der Waals surface area contributed by atoms with Gasteiger partial charge in [-0.25, -0.2) is 13.1 Å². The fraction of sp³-hybridized carbons (Fsp3) is 0.509. The summed E-state index contributed by atoms with van der Waals surface area (Å²) in [6, 6.07) is 22.2. The molecule has 3 aromatic carbocycles. The summed E-state index contributed by atoms with van der Waals surface area (Å²) in [5.74, 6) is -0.432. The number of carbonyl (C=O) groups excluding carboxylic acids is 1. The van der Waals surface area contributed by atoms with E-state index in [-0.39, 0.29) is 29.6 Å². The molecule has 7 aliphatic rings. The molecule has 0 unspecified atom stereocenters. The monoisotopic (exact) mass is 1000 g/mol. The van der Waals surface area contributed by atoms with Crippen molar-refractivity contribution in [3.63, 3.8) is 0 Å². The number of anilines is 4. The van der Waals surface area contributed by atoms with Crippen LogP contribution in [0.2, 0.25) is 0 Å². The van der Waals surface area contributed by atoms with Crippen LogP contribution in [0.1, 0.15) is 79.4 Å². The Kier molecular flexibility index (Phi) is 12.3. The minimum atomic E-state index is -4.67. The number of piperazine rings is 1. The summed E-state index contributed by atoms with van der Waals surface area (Å²) in [6.07, 6.45) is 9.42. The molecule has 72 heavy (non-hydrogen) atoms. The number of fused-ring (bicyclic) bond motifs is 3. The fourth-order valence-corrected chi connectivity index (χ4v) is 13.9. The van der Waals surface area contributed by atoms with Gasteiger partial charge in [0.25, 0.3) is 21.6 Å². The lowest BCUT2D eigenvalue weighted by Gasteiger charge is -2.56. The number of sulfonamides is 1. The van der Waals surface area contributed by atoms with Gasteiger partial charge < -0.3 is 34.3 Å². The van der Waals surface area contributed by atoms with Crippen molar-refractivity contribution < 1.29 is 32.3 Å². The minimum Gasteiger partial charge on any atom is -0.489 e. The van der Waals surface area contributed by atoms with Gasteiger partial charge in [0.05, 0.1) is 53.0 Å². The van der Waals surface area contributed by atoms with Gasteiger partial charge in [-0.15, -0.1) is 0 Å². The molecule has 3 atom stereocenters. The van der Waals surface area contributed by atoms with Crippen LogP contribution < -0.4 is 29.3 Å². The second kappa shape index (κ2) is 18.8. The van der Waals surface area contributed by atoms with Gasteiger partial charge in [-0.2, -0.15) is 4.98 Å².